The lowest BCUT2D eigenvalue weighted by molar-refractivity contribution is -0.161. The van der Waals surface area contributed by atoms with Gasteiger partial charge in [0, 0.05) is 0 Å². The van der Waals surface area contributed by atoms with Crippen LogP contribution in [-0.4, -0.2) is 28.7 Å². The van der Waals surface area contributed by atoms with Crippen LogP contribution in [0.4, 0.5) is 0 Å². The van der Waals surface area contributed by atoms with E-state index in [2.05, 4.69) is 10.5 Å². The van der Waals surface area contributed by atoms with E-state index in [0.717, 1.165) is 25.7 Å². The van der Waals surface area contributed by atoms with Crippen LogP contribution in [0.25, 0.3) is 0 Å². The minimum absolute atomic E-state index is 0.238. The molecule has 4 heteroatoms. The van der Waals surface area contributed by atoms with Crippen LogP contribution in [0.15, 0.2) is 0 Å². The lowest BCUT2D eigenvalue weighted by atomic mass is 10.0. The number of hydrogen-bond acceptors (Lipinski definition) is 3. The summed E-state index contributed by atoms with van der Waals surface area (Å²) in [5.41, 5.74) is -0.701. The van der Waals surface area contributed by atoms with Crippen molar-refractivity contribution in [3.63, 3.8) is 0 Å². The third-order valence-corrected chi connectivity index (χ3v) is 2.64. The molecular formula is C8H13O3Si. The Kier molecular flexibility index (Phi) is 3.28. The molecule has 3 nitrogen and oxygen atoms in total. The fourth-order valence-electron chi connectivity index (χ4n) is 1.56. The highest BCUT2D eigenvalue weighted by atomic mass is 28.2. The predicted molar refractivity (Wildman–Crippen MR) is 44.7 cm³/mol. The molecule has 0 spiro atoms. The van der Waals surface area contributed by atoms with Gasteiger partial charge in [0.2, 0.25) is 10.5 Å². The summed E-state index contributed by atoms with van der Waals surface area (Å²) in [5, 5.41) is 0. The second-order valence-electron chi connectivity index (χ2n) is 3.02. The number of hydrogen-bond donors (Lipinski definition) is 0. The van der Waals surface area contributed by atoms with Crippen LogP contribution < -0.4 is 0 Å². The summed E-state index contributed by atoms with van der Waals surface area (Å²) in [6, 6.07) is 0. The van der Waals surface area contributed by atoms with Crippen molar-refractivity contribution in [3.05, 3.63) is 0 Å². The summed E-state index contributed by atoms with van der Waals surface area (Å²) in [5.74, 6) is -0.238. The highest BCUT2D eigenvalue weighted by Gasteiger charge is 2.42. The quantitative estimate of drug-likeness (QED) is 0.485. The van der Waals surface area contributed by atoms with Gasteiger partial charge in [-0.3, -0.25) is 0 Å². The Morgan fingerprint density at radius 1 is 1.50 bits per heavy atom. The molecule has 12 heavy (non-hydrogen) atoms. The van der Waals surface area contributed by atoms with Gasteiger partial charge in [0.1, 0.15) is 0 Å². The van der Waals surface area contributed by atoms with Crippen molar-refractivity contribution in [2.24, 2.45) is 0 Å². The van der Waals surface area contributed by atoms with Crippen molar-refractivity contribution in [2.75, 3.05) is 6.61 Å². The average molecular weight is 185 g/mol. The van der Waals surface area contributed by atoms with Gasteiger partial charge in [-0.2, -0.15) is 0 Å². The van der Waals surface area contributed by atoms with E-state index in [1.807, 2.05) is 0 Å². The van der Waals surface area contributed by atoms with Gasteiger partial charge in [-0.15, -0.1) is 0 Å². The highest BCUT2D eigenvalue weighted by molar-refractivity contribution is 6.00. The molecule has 0 aliphatic heterocycles. The molecule has 0 amide bonds. The van der Waals surface area contributed by atoms with Crippen molar-refractivity contribution in [2.45, 2.75) is 38.2 Å². The van der Waals surface area contributed by atoms with Gasteiger partial charge in [-0.1, -0.05) is 0 Å². The molecule has 0 atom stereocenters. The second kappa shape index (κ2) is 4.05. The van der Waals surface area contributed by atoms with Gasteiger partial charge in [0.25, 0.3) is 0 Å². The van der Waals surface area contributed by atoms with Gasteiger partial charge < -0.3 is 9.16 Å². The van der Waals surface area contributed by atoms with Gasteiger partial charge in [0.05, 0.1) is 6.61 Å². The molecule has 1 aliphatic rings. The number of carbonyl (C=O) groups excluding carboxylic acids is 1. The molecule has 0 aromatic carbocycles. The number of carbonyl (C=O) groups is 1. The van der Waals surface area contributed by atoms with Gasteiger partial charge >= 0.3 is 5.97 Å². The third kappa shape index (κ3) is 1.69. The standard InChI is InChI=1S/C8H13O3Si/c1-2-10-7(9)8(11-12)5-3-4-6-8/h2-6H2,1H3. The Morgan fingerprint density at radius 3 is 2.50 bits per heavy atom. The van der Waals surface area contributed by atoms with Crippen LogP contribution in [0.2, 0.25) is 0 Å². The van der Waals surface area contributed by atoms with Crippen molar-refractivity contribution >= 4 is 16.5 Å². The Labute approximate surface area is 76.0 Å². The first-order valence-corrected chi connectivity index (χ1v) is 4.68. The fourth-order valence-corrected chi connectivity index (χ4v) is 1.84. The molecule has 1 saturated carbocycles. The largest absolute Gasteiger partial charge is 0.464 e. The van der Waals surface area contributed by atoms with Crippen molar-refractivity contribution in [1.82, 2.24) is 0 Å². The zero-order chi connectivity index (χ0) is 9.03. The van der Waals surface area contributed by atoms with Crippen molar-refractivity contribution in [3.8, 4) is 0 Å². The van der Waals surface area contributed by atoms with E-state index >= 15 is 0 Å². The minimum Gasteiger partial charge on any atom is -0.464 e. The van der Waals surface area contributed by atoms with E-state index < -0.39 is 5.60 Å². The van der Waals surface area contributed by atoms with E-state index in [4.69, 9.17) is 9.16 Å². The topological polar surface area (TPSA) is 35.5 Å². The normalized spacial score (nSPS) is 20.8. The summed E-state index contributed by atoms with van der Waals surface area (Å²) in [6.45, 7) is 2.21. The summed E-state index contributed by atoms with van der Waals surface area (Å²) in [7, 11) is 2.95. The summed E-state index contributed by atoms with van der Waals surface area (Å²) in [6.07, 6.45) is 3.58. The molecule has 0 saturated heterocycles. The molecule has 0 aromatic heterocycles. The van der Waals surface area contributed by atoms with Crippen molar-refractivity contribution < 1.29 is 14.0 Å². The summed E-state index contributed by atoms with van der Waals surface area (Å²) >= 11 is 0. The first kappa shape index (κ1) is 9.73. The first-order valence-electron chi connectivity index (χ1n) is 4.27. The van der Waals surface area contributed by atoms with Crippen LogP contribution in [0.1, 0.15) is 32.6 Å². The number of rotatable bonds is 3. The monoisotopic (exact) mass is 185 g/mol. The molecule has 1 fully saturated rings. The van der Waals surface area contributed by atoms with Crippen LogP contribution in [0, 0.1) is 0 Å². The SMILES string of the molecule is CCOC(=O)C1(O[Si])CCCC1. The minimum atomic E-state index is -0.701. The summed E-state index contributed by atoms with van der Waals surface area (Å²) < 4.78 is 9.97. The Morgan fingerprint density at radius 2 is 2.08 bits per heavy atom. The molecule has 3 radical (unpaired) electrons. The Hall–Kier alpha value is -0.353. The van der Waals surface area contributed by atoms with Gasteiger partial charge in [-0.25, -0.2) is 4.79 Å². The number of esters is 1. The van der Waals surface area contributed by atoms with Gasteiger partial charge in [0.15, 0.2) is 5.60 Å². The Balaban J connectivity index is 2.59. The maximum atomic E-state index is 11.4. The molecule has 67 valence electrons. The maximum Gasteiger partial charge on any atom is 0.337 e. The third-order valence-electron chi connectivity index (χ3n) is 2.25. The zero-order valence-corrected chi connectivity index (χ0v) is 8.26. The Bertz CT molecular complexity index is 164. The fraction of sp³-hybridized carbons (Fsp3) is 0.875. The van der Waals surface area contributed by atoms with E-state index in [1.165, 1.54) is 0 Å². The first-order chi connectivity index (χ1) is 5.75. The molecule has 1 aliphatic carbocycles. The lowest BCUT2D eigenvalue weighted by Crippen LogP contribution is -2.39. The van der Waals surface area contributed by atoms with E-state index in [0.29, 0.717) is 6.61 Å². The molecule has 0 bridgehead atoms. The molecular weight excluding hydrogens is 172 g/mol. The second-order valence-corrected chi connectivity index (χ2v) is 3.23. The van der Waals surface area contributed by atoms with Crippen LogP contribution >= 0.6 is 0 Å². The average Bonchev–Trinajstić information content (AvgIpc) is 2.54. The van der Waals surface area contributed by atoms with E-state index in [-0.39, 0.29) is 5.97 Å². The van der Waals surface area contributed by atoms with E-state index in [9.17, 15) is 4.79 Å². The summed E-state index contributed by atoms with van der Waals surface area (Å²) in [4.78, 5) is 11.4. The zero-order valence-electron chi connectivity index (χ0n) is 7.26. The molecule has 0 heterocycles. The number of ether oxygens (including phenoxy) is 1. The molecule has 0 aromatic rings. The van der Waals surface area contributed by atoms with Crippen molar-refractivity contribution in [1.29, 1.82) is 0 Å². The maximum absolute atomic E-state index is 11.4. The highest BCUT2D eigenvalue weighted by Crippen LogP contribution is 2.33. The smallest absolute Gasteiger partial charge is 0.337 e. The molecule has 1 rings (SSSR count). The van der Waals surface area contributed by atoms with Crippen LogP contribution in [-0.2, 0) is 14.0 Å². The van der Waals surface area contributed by atoms with Crippen LogP contribution in [0.3, 0.4) is 0 Å². The van der Waals surface area contributed by atoms with E-state index in [1.54, 1.807) is 6.92 Å². The predicted octanol–water partition coefficient (Wildman–Crippen LogP) is 0.962. The lowest BCUT2D eigenvalue weighted by Gasteiger charge is -2.24. The molecule has 0 N–H and O–H groups in total. The van der Waals surface area contributed by atoms with Crippen LogP contribution in [0.5, 0.6) is 0 Å². The molecule has 0 unspecified atom stereocenters. The van der Waals surface area contributed by atoms with Gasteiger partial charge in [-0.05, 0) is 32.6 Å².